The van der Waals surface area contributed by atoms with Crippen molar-refractivity contribution in [1.29, 1.82) is 0 Å². The first-order valence-electron chi connectivity index (χ1n) is 8.19. The number of benzene rings is 1. The molecule has 20 heavy (non-hydrogen) atoms. The molecule has 1 aliphatic carbocycles. The van der Waals surface area contributed by atoms with Crippen molar-refractivity contribution in [3.63, 3.8) is 0 Å². The molecule has 1 fully saturated rings. The van der Waals surface area contributed by atoms with Gasteiger partial charge in [0, 0.05) is 5.54 Å². The Morgan fingerprint density at radius 2 is 1.75 bits per heavy atom. The molecule has 0 spiro atoms. The number of unbranched alkanes of at least 4 members (excludes halogenated alkanes) is 2. The van der Waals surface area contributed by atoms with Gasteiger partial charge in [-0.25, -0.2) is 0 Å². The van der Waals surface area contributed by atoms with Gasteiger partial charge in [0.15, 0.2) is 0 Å². The van der Waals surface area contributed by atoms with Gasteiger partial charge in [0.1, 0.15) is 0 Å². The summed E-state index contributed by atoms with van der Waals surface area (Å²) in [5, 5.41) is 0. The smallest absolute Gasteiger partial charge is 0.000525 e. The first-order chi connectivity index (χ1) is 9.83. The lowest BCUT2D eigenvalue weighted by Gasteiger charge is -2.27. The second-order valence-corrected chi connectivity index (χ2v) is 6.38. The zero-order valence-electron chi connectivity index (χ0n) is 12.7. The summed E-state index contributed by atoms with van der Waals surface area (Å²) >= 11 is 5.68. The number of halogens is 1. The lowest BCUT2D eigenvalue weighted by atomic mass is 9.78. The molecule has 1 aromatic rings. The highest BCUT2D eigenvalue weighted by atomic mass is 35.5. The van der Waals surface area contributed by atoms with Crippen molar-refractivity contribution in [2.75, 3.05) is 0 Å². The van der Waals surface area contributed by atoms with Gasteiger partial charge >= 0.3 is 0 Å². The van der Waals surface area contributed by atoms with Gasteiger partial charge in [0.25, 0.3) is 0 Å². The van der Waals surface area contributed by atoms with Crippen LogP contribution in [0, 0.1) is 5.92 Å². The lowest BCUT2D eigenvalue weighted by molar-refractivity contribution is 0.376. The SMILES string of the molecule is CCCCCc1ccc(C2CCC(C=CCl)CC2)cc1. The van der Waals surface area contributed by atoms with E-state index in [1.807, 2.05) is 0 Å². The van der Waals surface area contributed by atoms with Crippen LogP contribution in [0.15, 0.2) is 35.9 Å². The highest BCUT2D eigenvalue weighted by Gasteiger charge is 2.20. The van der Waals surface area contributed by atoms with Gasteiger partial charge in [-0.2, -0.15) is 0 Å². The van der Waals surface area contributed by atoms with E-state index >= 15 is 0 Å². The van der Waals surface area contributed by atoms with E-state index < -0.39 is 0 Å². The zero-order chi connectivity index (χ0) is 14.2. The Labute approximate surface area is 129 Å². The van der Waals surface area contributed by atoms with Crippen molar-refractivity contribution in [3.8, 4) is 0 Å². The van der Waals surface area contributed by atoms with Crippen LogP contribution in [0.5, 0.6) is 0 Å². The molecule has 0 nitrogen and oxygen atoms in total. The fraction of sp³-hybridized carbons (Fsp3) is 0.579. The van der Waals surface area contributed by atoms with E-state index in [-0.39, 0.29) is 0 Å². The number of hydrogen-bond acceptors (Lipinski definition) is 0. The summed E-state index contributed by atoms with van der Waals surface area (Å²) < 4.78 is 0. The summed E-state index contributed by atoms with van der Waals surface area (Å²) in [5.41, 5.74) is 4.73. The van der Waals surface area contributed by atoms with E-state index in [4.69, 9.17) is 11.6 Å². The maximum absolute atomic E-state index is 5.68. The minimum atomic E-state index is 0.706. The highest BCUT2D eigenvalue weighted by molar-refractivity contribution is 6.25. The molecule has 1 aliphatic rings. The molecule has 0 N–H and O–H groups in total. The molecule has 0 atom stereocenters. The molecular formula is C19H27Cl. The van der Waals surface area contributed by atoms with E-state index in [1.165, 1.54) is 62.5 Å². The summed E-state index contributed by atoms with van der Waals surface area (Å²) in [6.07, 6.45) is 12.6. The fourth-order valence-electron chi connectivity index (χ4n) is 3.28. The van der Waals surface area contributed by atoms with Gasteiger partial charge in [-0.05, 0) is 61.5 Å². The van der Waals surface area contributed by atoms with Gasteiger partial charge < -0.3 is 0 Å². The van der Waals surface area contributed by atoms with E-state index in [2.05, 4.69) is 37.3 Å². The van der Waals surface area contributed by atoms with Crippen LogP contribution in [0.4, 0.5) is 0 Å². The Balaban J connectivity index is 1.84. The zero-order valence-corrected chi connectivity index (χ0v) is 13.4. The normalized spacial score (nSPS) is 23.3. The standard InChI is InChI=1S/C19H27Cl/c1-2-3-4-5-16-6-10-18(11-7-16)19-12-8-17(9-13-19)14-15-20/h6-7,10-11,14-15,17,19H,2-5,8-9,12-13H2,1H3. The molecule has 0 radical (unpaired) electrons. The molecule has 0 saturated heterocycles. The molecule has 110 valence electrons. The summed E-state index contributed by atoms with van der Waals surface area (Å²) in [6.45, 7) is 2.26. The van der Waals surface area contributed by atoms with Crippen LogP contribution in [0.25, 0.3) is 0 Å². The monoisotopic (exact) mass is 290 g/mol. The Morgan fingerprint density at radius 3 is 2.35 bits per heavy atom. The third-order valence-electron chi connectivity index (χ3n) is 4.64. The topological polar surface area (TPSA) is 0 Å². The highest BCUT2D eigenvalue weighted by Crippen LogP contribution is 2.36. The van der Waals surface area contributed by atoms with E-state index in [0.717, 1.165) is 5.92 Å². The van der Waals surface area contributed by atoms with Crippen molar-refractivity contribution in [2.24, 2.45) is 5.92 Å². The van der Waals surface area contributed by atoms with Crippen LogP contribution in [-0.4, -0.2) is 0 Å². The van der Waals surface area contributed by atoms with E-state index in [0.29, 0.717) is 5.92 Å². The molecule has 2 rings (SSSR count). The van der Waals surface area contributed by atoms with Crippen molar-refractivity contribution in [2.45, 2.75) is 64.2 Å². The van der Waals surface area contributed by atoms with Crippen molar-refractivity contribution in [1.82, 2.24) is 0 Å². The molecular weight excluding hydrogens is 264 g/mol. The van der Waals surface area contributed by atoms with Crippen LogP contribution >= 0.6 is 11.6 Å². The molecule has 0 heterocycles. The maximum atomic E-state index is 5.68. The largest absolute Gasteiger partial charge is 0.0933 e. The van der Waals surface area contributed by atoms with Crippen LogP contribution in [0.2, 0.25) is 0 Å². The number of allylic oxidation sites excluding steroid dienone is 1. The van der Waals surface area contributed by atoms with Gasteiger partial charge in [-0.15, -0.1) is 0 Å². The van der Waals surface area contributed by atoms with Crippen LogP contribution in [-0.2, 0) is 6.42 Å². The first-order valence-corrected chi connectivity index (χ1v) is 8.63. The fourth-order valence-corrected chi connectivity index (χ4v) is 3.49. The van der Waals surface area contributed by atoms with Crippen LogP contribution in [0.3, 0.4) is 0 Å². The maximum Gasteiger partial charge on any atom is 0.000525 e. The summed E-state index contributed by atoms with van der Waals surface area (Å²) in [6, 6.07) is 9.42. The predicted octanol–water partition coefficient (Wildman–Crippen LogP) is 6.45. The molecule has 1 saturated carbocycles. The van der Waals surface area contributed by atoms with Gasteiger partial charge in [-0.3, -0.25) is 0 Å². The summed E-state index contributed by atoms with van der Waals surface area (Å²) in [4.78, 5) is 0. The molecule has 1 aromatic carbocycles. The van der Waals surface area contributed by atoms with Gasteiger partial charge in [-0.1, -0.05) is 61.7 Å². The van der Waals surface area contributed by atoms with E-state index in [1.54, 1.807) is 5.54 Å². The molecule has 0 amide bonds. The molecule has 0 bridgehead atoms. The van der Waals surface area contributed by atoms with E-state index in [9.17, 15) is 0 Å². The molecule has 0 unspecified atom stereocenters. The summed E-state index contributed by atoms with van der Waals surface area (Å²) in [5.74, 6) is 1.47. The first kappa shape index (κ1) is 15.6. The second kappa shape index (κ2) is 8.52. The number of hydrogen-bond donors (Lipinski definition) is 0. The van der Waals surface area contributed by atoms with Gasteiger partial charge in [0.2, 0.25) is 0 Å². The molecule has 0 aromatic heterocycles. The van der Waals surface area contributed by atoms with Crippen LogP contribution < -0.4 is 0 Å². The Morgan fingerprint density at radius 1 is 1.05 bits per heavy atom. The third kappa shape index (κ3) is 4.66. The van der Waals surface area contributed by atoms with Crippen molar-refractivity contribution in [3.05, 3.63) is 47.0 Å². The van der Waals surface area contributed by atoms with Crippen molar-refractivity contribution < 1.29 is 0 Å². The summed E-state index contributed by atoms with van der Waals surface area (Å²) in [7, 11) is 0. The lowest BCUT2D eigenvalue weighted by Crippen LogP contribution is -2.11. The van der Waals surface area contributed by atoms with Crippen molar-refractivity contribution >= 4 is 11.6 Å². The quantitative estimate of drug-likeness (QED) is 0.528. The van der Waals surface area contributed by atoms with Gasteiger partial charge in [0.05, 0.1) is 0 Å². The predicted molar refractivity (Wildman–Crippen MR) is 89.4 cm³/mol. The average molecular weight is 291 g/mol. The Bertz CT molecular complexity index is 396. The number of rotatable bonds is 6. The van der Waals surface area contributed by atoms with Crippen LogP contribution in [0.1, 0.15) is 68.9 Å². The molecule has 0 aliphatic heterocycles. The minimum absolute atomic E-state index is 0.706. The Hall–Kier alpha value is -0.750. The Kier molecular flexibility index (Phi) is 6.66. The average Bonchev–Trinajstić information content (AvgIpc) is 2.49. The minimum Gasteiger partial charge on any atom is -0.0933 e. The number of aryl methyl sites for hydroxylation is 1. The third-order valence-corrected chi connectivity index (χ3v) is 4.78. The second-order valence-electron chi connectivity index (χ2n) is 6.13. The molecule has 1 heteroatoms.